The normalized spacial score (nSPS) is 18.7. The van der Waals surface area contributed by atoms with Crippen molar-refractivity contribution in [2.24, 2.45) is 0 Å². The summed E-state index contributed by atoms with van der Waals surface area (Å²) in [5, 5.41) is 18.1. The van der Waals surface area contributed by atoms with E-state index in [0.717, 1.165) is 18.4 Å². The molecule has 1 aliphatic heterocycles. The summed E-state index contributed by atoms with van der Waals surface area (Å²) in [6.07, 6.45) is 2.50. The summed E-state index contributed by atoms with van der Waals surface area (Å²) in [6.45, 7) is 1.02. The Balaban J connectivity index is 2.22. The van der Waals surface area contributed by atoms with Crippen molar-refractivity contribution in [1.29, 1.82) is 5.26 Å². The Bertz CT molecular complexity index is 524. The third kappa shape index (κ3) is 2.76. The highest BCUT2D eigenvalue weighted by molar-refractivity contribution is 5.65. The number of nitrogens with zero attached hydrogens (tertiary/aromatic N) is 3. The average Bonchev–Trinajstić information content (AvgIpc) is 2.46. The quantitative estimate of drug-likeness (QED) is 0.877. The molecule has 0 radical (unpaired) electrons. The number of aromatic nitrogens is 1. The fraction of sp³-hybridized carbons (Fsp3) is 0.462. The number of likely N-dealkylation sites (tertiary alicyclic amines) is 1. The maximum absolute atomic E-state index is 11.0. The van der Waals surface area contributed by atoms with Crippen LogP contribution >= 0.6 is 0 Å². The van der Waals surface area contributed by atoms with Crippen LogP contribution in [0, 0.1) is 11.3 Å². The van der Waals surface area contributed by atoms with Gasteiger partial charge < -0.3 is 14.7 Å². The monoisotopic (exact) mass is 261 g/mol. The van der Waals surface area contributed by atoms with Crippen molar-refractivity contribution in [3.8, 4) is 11.9 Å². The molecule has 0 bridgehead atoms. The average molecular weight is 261 g/mol. The molecule has 100 valence electrons. The summed E-state index contributed by atoms with van der Waals surface area (Å²) in [7, 11) is 1.47. The number of pyridine rings is 1. The minimum atomic E-state index is -0.897. The molecular weight excluding hydrogens is 246 g/mol. The molecule has 1 amide bonds. The summed E-state index contributed by atoms with van der Waals surface area (Å²) in [5.74, 6) is 0.396. The van der Waals surface area contributed by atoms with Crippen LogP contribution in [0.5, 0.6) is 5.88 Å². The van der Waals surface area contributed by atoms with Gasteiger partial charge in [0.05, 0.1) is 7.11 Å². The zero-order chi connectivity index (χ0) is 13.8. The van der Waals surface area contributed by atoms with Crippen LogP contribution in [0.15, 0.2) is 12.3 Å². The van der Waals surface area contributed by atoms with Gasteiger partial charge in [0.1, 0.15) is 11.6 Å². The van der Waals surface area contributed by atoms with E-state index >= 15 is 0 Å². The third-order valence-electron chi connectivity index (χ3n) is 3.35. The highest BCUT2D eigenvalue weighted by atomic mass is 16.5. The lowest BCUT2D eigenvalue weighted by atomic mass is 9.91. The topological polar surface area (TPSA) is 86.4 Å². The van der Waals surface area contributed by atoms with E-state index in [1.807, 2.05) is 6.07 Å². The molecule has 1 aromatic heterocycles. The van der Waals surface area contributed by atoms with Crippen LogP contribution in [0.25, 0.3) is 0 Å². The molecule has 0 unspecified atom stereocenters. The van der Waals surface area contributed by atoms with Gasteiger partial charge in [0.15, 0.2) is 0 Å². The smallest absolute Gasteiger partial charge is 0.407 e. The molecule has 0 aromatic carbocycles. The van der Waals surface area contributed by atoms with Crippen molar-refractivity contribution in [3.63, 3.8) is 0 Å². The number of ether oxygens (including phenoxy) is 1. The Morgan fingerprint density at radius 2 is 2.47 bits per heavy atom. The summed E-state index contributed by atoms with van der Waals surface area (Å²) >= 11 is 0. The Morgan fingerprint density at radius 1 is 1.68 bits per heavy atom. The number of methoxy groups -OCH3 is 1. The van der Waals surface area contributed by atoms with Crippen LogP contribution in [0.3, 0.4) is 0 Å². The van der Waals surface area contributed by atoms with Crippen LogP contribution in [-0.2, 0) is 0 Å². The molecule has 19 heavy (non-hydrogen) atoms. The van der Waals surface area contributed by atoms with E-state index in [9.17, 15) is 4.79 Å². The number of piperidine rings is 1. The third-order valence-corrected chi connectivity index (χ3v) is 3.35. The largest absolute Gasteiger partial charge is 0.480 e. The van der Waals surface area contributed by atoms with E-state index in [1.54, 1.807) is 12.3 Å². The molecule has 1 atom stereocenters. The first-order valence-corrected chi connectivity index (χ1v) is 6.07. The number of hydrogen-bond acceptors (Lipinski definition) is 4. The van der Waals surface area contributed by atoms with Crippen LogP contribution < -0.4 is 4.74 Å². The van der Waals surface area contributed by atoms with Crippen molar-refractivity contribution in [3.05, 3.63) is 23.4 Å². The van der Waals surface area contributed by atoms with E-state index in [2.05, 4.69) is 4.98 Å². The molecule has 6 heteroatoms. The number of carbonyl (C=O) groups is 1. The molecule has 1 fully saturated rings. The highest BCUT2D eigenvalue weighted by Gasteiger charge is 2.25. The lowest BCUT2D eigenvalue weighted by Crippen LogP contribution is -2.38. The van der Waals surface area contributed by atoms with Gasteiger partial charge in [-0.3, -0.25) is 0 Å². The molecule has 2 heterocycles. The standard InChI is InChI=1S/C13H15N3O3/c1-19-12-10(6-14)5-11(7-15-12)9-3-2-4-16(8-9)13(17)18/h5,7,9H,2-4,8H2,1H3,(H,17,18)/t9-/m1/s1. The van der Waals surface area contributed by atoms with Crippen molar-refractivity contribution >= 4 is 6.09 Å². The second-order valence-electron chi connectivity index (χ2n) is 4.51. The van der Waals surface area contributed by atoms with Gasteiger partial charge in [0, 0.05) is 25.2 Å². The van der Waals surface area contributed by atoms with Crippen molar-refractivity contribution < 1.29 is 14.6 Å². The molecule has 0 spiro atoms. The van der Waals surface area contributed by atoms with E-state index < -0.39 is 6.09 Å². The fourth-order valence-electron chi connectivity index (χ4n) is 2.36. The predicted octanol–water partition coefficient (Wildman–Crippen LogP) is 1.82. The van der Waals surface area contributed by atoms with Gasteiger partial charge in [-0.15, -0.1) is 0 Å². The number of nitriles is 1. The van der Waals surface area contributed by atoms with Crippen LogP contribution in [0.2, 0.25) is 0 Å². The second-order valence-corrected chi connectivity index (χ2v) is 4.51. The first-order valence-electron chi connectivity index (χ1n) is 6.07. The number of rotatable bonds is 2. The minimum Gasteiger partial charge on any atom is -0.480 e. The first-order chi connectivity index (χ1) is 9.15. The van der Waals surface area contributed by atoms with Gasteiger partial charge in [-0.25, -0.2) is 9.78 Å². The van der Waals surface area contributed by atoms with Crippen molar-refractivity contribution in [2.45, 2.75) is 18.8 Å². The van der Waals surface area contributed by atoms with Crippen molar-refractivity contribution in [2.75, 3.05) is 20.2 Å². The lowest BCUT2D eigenvalue weighted by molar-refractivity contribution is 0.130. The molecular formula is C13H15N3O3. The van der Waals surface area contributed by atoms with Gasteiger partial charge >= 0.3 is 6.09 Å². The fourth-order valence-corrected chi connectivity index (χ4v) is 2.36. The number of carboxylic acid groups (broad SMARTS) is 1. The molecule has 2 rings (SSSR count). The molecule has 0 saturated carbocycles. The molecule has 0 aliphatic carbocycles. The van der Waals surface area contributed by atoms with E-state index in [0.29, 0.717) is 24.5 Å². The first kappa shape index (κ1) is 13.1. The number of hydrogen-bond donors (Lipinski definition) is 1. The summed E-state index contributed by atoms with van der Waals surface area (Å²) in [4.78, 5) is 16.5. The Labute approximate surface area is 111 Å². The Morgan fingerprint density at radius 3 is 3.11 bits per heavy atom. The molecule has 1 saturated heterocycles. The highest BCUT2D eigenvalue weighted by Crippen LogP contribution is 2.28. The maximum atomic E-state index is 11.0. The zero-order valence-corrected chi connectivity index (χ0v) is 10.7. The minimum absolute atomic E-state index is 0.0929. The van der Waals surface area contributed by atoms with Gasteiger partial charge in [-0.2, -0.15) is 5.26 Å². The molecule has 1 N–H and O–H groups in total. The van der Waals surface area contributed by atoms with E-state index in [1.165, 1.54) is 12.0 Å². The van der Waals surface area contributed by atoms with Crippen LogP contribution in [0.4, 0.5) is 4.79 Å². The van der Waals surface area contributed by atoms with E-state index in [-0.39, 0.29) is 5.92 Å². The van der Waals surface area contributed by atoms with Gasteiger partial charge in [-0.05, 0) is 24.5 Å². The number of amides is 1. The lowest BCUT2D eigenvalue weighted by Gasteiger charge is -2.30. The predicted molar refractivity (Wildman–Crippen MR) is 67.1 cm³/mol. The summed E-state index contributed by atoms with van der Waals surface area (Å²) in [6, 6.07) is 3.78. The van der Waals surface area contributed by atoms with E-state index in [4.69, 9.17) is 15.1 Å². The zero-order valence-electron chi connectivity index (χ0n) is 10.7. The van der Waals surface area contributed by atoms with Crippen molar-refractivity contribution in [1.82, 2.24) is 9.88 Å². The Kier molecular flexibility index (Phi) is 3.85. The van der Waals surface area contributed by atoms with Gasteiger partial charge in [0.25, 0.3) is 0 Å². The Hall–Kier alpha value is -2.29. The van der Waals surface area contributed by atoms with Gasteiger partial charge in [-0.1, -0.05) is 0 Å². The maximum Gasteiger partial charge on any atom is 0.407 e. The summed E-state index contributed by atoms with van der Waals surface area (Å²) < 4.78 is 5.00. The van der Waals surface area contributed by atoms with Crippen LogP contribution in [-0.4, -0.2) is 41.3 Å². The second kappa shape index (κ2) is 5.57. The molecule has 1 aliphatic rings. The molecule has 1 aromatic rings. The SMILES string of the molecule is COc1ncc([C@@H]2CCCN(C(=O)O)C2)cc1C#N. The van der Waals surface area contributed by atoms with Gasteiger partial charge in [0.2, 0.25) is 5.88 Å². The van der Waals surface area contributed by atoms with Crippen LogP contribution in [0.1, 0.15) is 29.9 Å². The molecule has 6 nitrogen and oxygen atoms in total. The summed E-state index contributed by atoms with van der Waals surface area (Å²) in [5.41, 5.74) is 1.27.